The van der Waals surface area contributed by atoms with E-state index in [9.17, 15) is 13.2 Å². The molecule has 6 nitrogen and oxygen atoms in total. The van der Waals surface area contributed by atoms with Crippen LogP contribution in [0.3, 0.4) is 0 Å². The minimum absolute atomic E-state index is 0.0719. The molecule has 0 aromatic carbocycles. The fourth-order valence-corrected chi connectivity index (χ4v) is 3.95. The first-order chi connectivity index (χ1) is 8.44. The molecule has 1 aliphatic heterocycles. The monoisotopic (exact) mass is 289 g/mol. The van der Waals surface area contributed by atoms with Gasteiger partial charge in [-0.3, -0.25) is 4.79 Å². The van der Waals surface area contributed by atoms with Crippen LogP contribution in [-0.2, 0) is 9.84 Å². The van der Waals surface area contributed by atoms with Gasteiger partial charge in [-0.1, -0.05) is 11.6 Å². The molecule has 98 valence electrons. The van der Waals surface area contributed by atoms with Gasteiger partial charge in [-0.05, 0) is 6.42 Å². The molecule has 0 N–H and O–H groups in total. The van der Waals surface area contributed by atoms with E-state index in [-0.39, 0.29) is 28.3 Å². The SMILES string of the molecule is CN(c1ncnc(Cl)c1C=O)C1CCS(=O)(=O)C1. The van der Waals surface area contributed by atoms with Crippen molar-refractivity contribution in [3.63, 3.8) is 0 Å². The van der Waals surface area contributed by atoms with Crippen molar-refractivity contribution in [2.75, 3.05) is 23.5 Å². The van der Waals surface area contributed by atoms with E-state index in [0.29, 0.717) is 18.5 Å². The average Bonchev–Trinajstić information content (AvgIpc) is 2.68. The van der Waals surface area contributed by atoms with E-state index in [4.69, 9.17) is 11.6 Å². The van der Waals surface area contributed by atoms with Crippen molar-refractivity contribution in [3.8, 4) is 0 Å². The molecule has 0 saturated carbocycles. The van der Waals surface area contributed by atoms with Gasteiger partial charge in [0.25, 0.3) is 0 Å². The van der Waals surface area contributed by atoms with Crippen molar-refractivity contribution in [1.82, 2.24) is 9.97 Å². The van der Waals surface area contributed by atoms with Gasteiger partial charge in [-0.2, -0.15) is 0 Å². The quantitative estimate of drug-likeness (QED) is 0.598. The smallest absolute Gasteiger partial charge is 0.156 e. The minimum Gasteiger partial charge on any atom is -0.355 e. The summed E-state index contributed by atoms with van der Waals surface area (Å²) in [6, 6.07) is -0.181. The Morgan fingerprint density at radius 3 is 2.78 bits per heavy atom. The van der Waals surface area contributed by atoms with E-state index < -0.39 is 9.84 Å². The second-order valence-corrected chi connectivity index (χ2v) is 6.77. The molecule has 8 heteroatoms. The van der Waals surface area contributed by atoms with Crippen LogP contribution < -0.4 is 4.90 Å². The van der Waals surface area contributed by atoms with Crippen molar-refractivity contribution in [3.05, 3.63) is 17.0 Å². The Morgan fingerprint density at radius 1 is 1.50 bits per heavy atom. The van der Waals surface area contributed by atoms with Crippen molar-refractivity contribution < 1.29 is 13.2 Å². The lowest BCUT2D eigenvalue weighted by Gasteiger charge is -2.25. The van der Waals surface area contributed by atoms with Crippen LogP contribution >= 0.6 is 11.6 Å². The summed E-state index contributed by atoms with van der Waals surface area (Å²) in [5, 5.41) is 0.0719. The molecule has 0 amide bonds. The Labute approximate surface area is 110 Å². The summed E-state index contributed by atoms with van der Waals surface area (Å²) >= 11 is 5.81. The summed E-state index contributed by atoms with van der Waals surface area (Å²) in [6.45, 7) is 0. The molecule has 2 rings (SSSR count). The third-order valence-corrected chi connectivity index (χ3v) is 5.07. The first-order valence-corrected chi connectivity index (χ1v) is 7.53. The largest absolute Gasteiger partial charge is 0.355 e. The molecule has 1 aliphatic rings. The molecule has 2 heterocycles. The van der Waals surface area contributed by atoms with Gasteiger partial charge >= 0.3 is 0 Å². The summed E-state index contributed by atoms with van der Waals surface area (Å²) in [5.41, 5.74) is 0.186. The Morgan fingerprint density at radius 2 is 2.22 bits per heavy atom. The van der Waals surface area contributed by atoms with Gasteiger partial charge in [-0.15, -0.1) is 0 Å². The summed E-state index contributed by atoms with van der Waals surface area (Å²) in [4.78, 5) is 20.4. The van der Waals surface area contributed by atoms with E-state index in [0.717, 1.165) is 0 Å². The van der Waals surface area contributed by atoms with Crippen LogP contribution in [0.15, 0.2) is 6.33 Å². The van der Waals surface area contributed by atoms with Crippen molar-refractivity contribution in [2.45, 2.75) is 12.5 Å². The fraction of sp³-hybridized carbons (Fsp3) is 0.500. The molecular weight excluding hydrogens is 278 g/mol. The number of hydrogen-bond donors (Lipinski definition) is 0. The summed E-state index contributed by atoms with van der Waals surface area (Å²) < 4.78 is 22.9. The van der Waals surface area contributed by atoms with Crippen LogP contribution in [0.4, 0.5) is 5.82 Å². The highest BCUT2D eigenvalue weighted by molar-refractivity contribution is 7.91. The van der Waals surface area contributed by atoms with Gasteiger partial charge < -0.3 is 4.90 Å². The zero-order chi connectivity index (χ0) is 13.3. The van der Waals surface area contributed by atoms with Crippen molar-refractivity contribution >= 4 is 33.5 Å². The van der Waals surface area contributed by atoms with Crippen LogP contribution in [-0.4, -0.2) is 49.3 Å². The molecular formula is C10H12ClN3O3S. The second-order valence-electron chi connectivity index (χ2n) is 4.19. The Bertz CT molecular complexity index is 576. The maximum absolute atomic E-state index is 11.4. The normalized spacial score (nSPS) is 21.8. The summed E-state index contributed by atoms with van der Waals surface area (Å²) in [7, 11) is -1.28. The number of aromatic nitrogens is 2. The molecule has 0 spiro atoms. The maximum Gasteiger partial charge on any atom is 0.156 e. The number of nitrogens with zero attached hydrogens (tertiary/aromatic N) is 3. The van der Waals surface area contributed by atoms with E-state index in [1.54, 1.807) is 11.9 Å². The second kappa shape index (κ2) is 4.81. The molecule has 1 aromatic heterocycles. The molecule has 1 aromatic rings. The molecule has 1 fully saturated rings. The Hall–Kier alpha value is -1.21. The van der Waals surface area contributed by atoms with Gasteiger partial charge in [0, 0.05) is 13.1 Å². The Balaban J connectivity index is 2.32. The third-order valence-electron chi connectivity index (χ3n) is 3.02. The molecule has 0 bridgehead atoms. The van der Waals surface area contributed by atoms with Gasteiger partial charge in [0.2, 0.25) is 0 Å². The number of halogens is 1. The first-order valence-electron chi connectivity index (χ1n) is 5.33. The standard InChI is InChI=1S/C10H12ClN3O3S/c1-14(7-2-3-18(16,17)5-7)10-8(4-15)9(11)12-6-13-10/h4,6-7H,2-3,5H2,1H3. The number of rotatable bonds is 3. The highest BCUT2D eigenvalue weighted by atomic mass is 35.5. The number of hydrogen-bond acceptors (Lipinski definition) is 6. The third kappa shape index (κ3) is 2.46. The highest BCUT2D eigenvalue weighted by Crippen LogP contribution is 2.25. The van der Waals surface area contributed by atoms with Crippen LogP contribution in [0.1, 0.15) is 16.8 Å². The molecule has 1 saturated heterocycles. The first kappa shape index (κ1) is 13.2. The minimum atomic E-state index is -2.98. The lowest BCUT2D eigenvalue weighted by atomic mass is 10.2. The van der Waals surface area contributed by atoms with E-state index in [1.807, 2.05) is 0 Å². The number of aldehydes is 1. The van der Waals surface area contributed by atoms with Crippen LogP contribution in [0.5, 0.6) is 0 Å². The fourth-order valence-electron chi connectivity index (χ4n) is 2.00. The van der Waals surface area contributed by atoms with Gasteiger partial charge in [-0.25, -0.2) is 18.4 Å². The predicted octanol–water partition coefficient (Wildman–Crippen LogP) is 0.566. The maximum atomic E-state index is 11.4. The van der Waals surface area contributed by atoms with Gasteiger partial charge in [0.05, 0.1) is 17.1 Å². The molecule has 0 aliphatic carbocycles. The molecule has 18 heavy (non-hydrogen) atoms. The average molecular weight is 290 g/mol. The lowest BCUT2D eigenvalue weighted by Crippen LogP contribution is -2.34. The van der Waals surface area contributed by atoms with E-state index >= 15 is 0 Å². The van der Waals surface area contributed by atoms with E-state index in [1.165, 1.54) is 6.33 Å². The van der Waals surface area contributed by atoms with E-state index in [2.05, 4.69) is 9.97 Å². The van der Waals surface area contributed by atoms with Crippen molar-refractivity contribution in [1.29, 1.82) is 0 Å². The zero-order valence-corrected chi connectivity index (χ0v) is 11.3. The zero-order valence-electron chi connectivity index (χ0n) is 9.71. The molecule has 0 radical (unpaired) electrons. The molecule has 1 atom stereocenters. The number of sulfone groups is 1. The summed E-state index contributed by atoms with van der Waals surface area (Å²) in [6.07, 6.45) is 2.36. The lowest BCUT2D eigenvalue weighted by molar-refractivity contribution is 0.112. The van der Waals surface area contributed by atoms with Crippen LogP contribution in [0, 0.1) is 0 Å². The van der Waals surface area contributed by atoms with Gasteiger partial charge in [0.15, 0.2) is 16.1 Å². The number of carbonyl (C=O) groups is 1. The van der Waals surface area contributed by atoms with Crippen LogP contribution in [0.2, 0.25) is 5.15 Å². The van der Waals surface area contributed by atoms with Crippen LogP contribution in [0.25, 0.3) is 0 Å². The number of carbonyl (C=O) groups excluding carboxylic acids is 1. The topological polar surface area (TPSA) is 80.2 Å². The molecule has 1 unspecified atom stereocenters. The predicted molar refractivity (Wildman–Crippen MR) is 67.9 cm³/mol. The Kier molecular flexibility index (Phi) is 3.54. The number of anilines is 1. The summed E-state index contributed by atoms with van der Waals surface area (Å²) in [5.74, 6) is 0.604. The van der Waals surface area contributed by atoms with Crippen molar-refractivity contribution in [2.24, 2.45) is 0 Å². The van der Waals surface area contributed by atoms with Gasteiger partial charge in [0.1, 0.15) is 17.3 Å². The highest BCUT2D eigenvalue weighted by Gasteiger charge is 2.32.